The van der Waals surface area contributed by atoms with E-state index in [0.717, 1.165) is 5.82 Å². The summed E-state index contributed by atoms with van der Waals surface area (Å²) >= 11 is 0. The summed E-state index contributed by atoms with van der Waals surface area (Å²) < 4.78 is 7.31. The van der Waals surface area contributed by atoms with Crippen molar-refractivity contribution < 1.29 is 9.21 Å². The number of hydrogen-bond donors (Lipinski definition) is 0. The van der Waals surface area contributed by atoms with Gasteiger partial charge in [-0.25, -0.2) is 0 Å². The number of rotatable bonds is 7. The first-order valence-electron chi connectivity index (χ1n) is 7.44. The van der Waals surface area contributed by atoms with E-state index in [-0.39, 0.29) is 11.9 Å². The Morgan fingerprint density at radius 3 is 2.59 bits per heavy atom. The normalized spacial score (nSPS) is 11.1. The monoisotopic (exact) mass is 306 g/mol. The predicted molar refractivity (Wildman–Crippen MR) is 78.7 cm³/mol. The molecule has 2 aromatic rings. The molecule has 1 amide bonds. The maximum absolute atomic E-state index is 12.5. The molecule has 0 aliphatic rings. The van der Waals surface area contributed by atoms with Gasteiger partial charge in [-0.2, -0.15) is 0 Å². The second kappa shape index (κ2) is 7.15. The number of hydrogen-bond acceptors (Lipinski definition) is 6. The molecule has 0 spiro atoms. The smallest absolute Gasteiger partial charge is 0.235 e. The lowest BCUT2D eigenvalue weighted by atomic mass is 10.2. The Morgan fingerprint density at radius 1 is 1.32 bits per heavy atom. The molecule has 0 N–H and O–H groups in total. The van der Waals surface area contributed by atoms with Crippen LogP contribution in [-0.4, -0.2) is 41.8 Å². The molecular formula is C14H22N6O2. The van der Waals surface area contributed by atoms with E-state index in [1.807, 2.05) is 32.4 Å². The molecule has 0 saturated carbocycles. The lowest BCUT2D eigenvalue weighted by Gasteiger charge is -2.25. The van der Waals surface area contributed by atoms with Gasteiger partial charge in [0.1, 0.15) is 12.2 Å². The summed E-state index contributed by atoms with van der Waals surface area (Å²) in [6.07, 6.45) is 3.25. The van der Waals surface area contributed by atoms with Crippen LogP contribution in [0.5, 0.6) is 0 Å². The van der Waals surface area contributed by atoms with Crippen LogP contribution in [0.2, 0.25) is 0 Å². The molecule has 0 fully saturated rings. The van der Waals surface area contributed by atoms with Gasteiger partial charge in [-0.1, -0.05) is 6.92 Å². The Bertz CT molecular complexity index is 618. The van der Waals surface area contributed by atoms with E-state index in [2.05, 4.69) is 20.4 Å². The Balaban J connectivity index is 1.97. The number of carbonyl (C=O) groups is 1. The van der Waals surface area contributed by atoms with Crippen molar-refractivity contribution in [3.63, 3.8) is 0 Å². The maximum Gasteiger partial charge on any atom is 0.235 e. The van der Waals surface area contributed by atoms with Gasteiger partial charge in [0.2, 0.25) is 17.7 Å². The maximum atomic E-state index is 12.5. The molecule has 0 aliphatic heterocycles. The SMILES string of the molecule is CCc1nnc(CN(C(=O)CCc2nncn2C)C(C)C)o1. The largest absolute Gasteiger partial charge is 0.423 e. The number of aryl methyl sites for hydroxylation is 3. The molecule has 22 heavy (non-hydrogen) atoms. The van der Waals surface area contributed by atoms with Gasteiger partial charge in [0.25, 0.3) is 0 Å². The lowest BCUT2D eigenvalue weighted by molar-refractivity contribution is -0.133. The van der Waals surface area contributed by atoms with Crippen LogP contribution in [0.4, 0.5) is 0 Å². The van der Waals surface area contributed by atoms with E-state index < -0.39 is 0 Å². The van der Waals surface area contributed by atoms with Crippen LogP contribution in [0, 0.1) is 0 Å². The van der Waals surface area contributed by atoms with Crippen LogP contribution < -0.4 is 0 Å². The molecular weight excluding hydrogens is 284 g/mol. The Hall–Kier alpha value is -2.25. The molecule has 0 bridgehead atoms. The number of aromatic nitrogens is 5. The molecule has 8 heteroatoms. The first-order chi connectivity index (χ1) is 10.5. The van der Waals surface area contributed by atoms with Crippen molar-refractivity contribution in [2.45, 2.75) is 52.6 Å². The van der Waals surface area contributed by atoms with Crippen LogP contribution in [0.25, 0.3) is 0 Å². The van der Waals surface area contributed by atoms with E-state index in [1.54, 1.807) is 11.2 Å². The Kier molecular flexibility index (Phi) is 5.24. The van der Waals surface area contributed by atoms with Crippen molar-refractivity contribution >= 4 is 5.91 Å². The fourth-order valence-corrected chi connectivity index (χ4v) is 2.10. The minimum absolute atomic E-state index is 0.0363. The Morgan fingerprint density at radius 2 is 2.05 bits per heavy atom. The number of nitrogens with zero attached hydrogens (tertiary/aromatic N) is 6. The minimum Gasteiger partial charge on any atom is -0.423 e. The molecule has 0 unspecified atom stereocenters. The van der Waals surface area contributed by atoms with E-state index in [1.165, 1.54) is 0 Å². The fourth-order valence-electron chi connectivity index (χ4n) is 2.10. The van der Waals surface area contributed by atoms with Crippen molar-refractivity contribution in [3.8, 4) is 0 Å². The average molecular weight is 306 g/mol. The molecule has 8 nitrogen and oxygen atoms in total. The van der Waals surface area contributed by atoms with Gasteiger partial charge < -0.3 is 13.9 Å². The average Bonchev–Trinajstić information content (AvgIpc) is 3.10. The van der Waals surface area contributed by atoms with Gasteiger partial charge in [0, 0.05) is 32.4 Å². The standard InChI is InChI=1S/C14H22N6O2/c1-5-12-17-18-13(22-12)8-20(10(2)3)14(21)7-6-11-16-15-9-19(11)4/h9-10H,5-8H2,1-4H3. The molecule has 0 aromatic carbocycles. The first kappa shape index (κ1) is 16.1. The summed E-state index contributed by atoms with van der Waals surface area (Å²) in [5, 5.41) is 15.7. The molecule has 0 atom stereocenters. The highest BCUT2D eigenvalue weighted by Crippen LogP contribution is 2.11. The van der Waals surface area contributed by atoms with Gasteiger partial charge in [-0.05, 0) is 13.8 Å². The van der Waals surface area contributed by atoms with Crippen molar-refractivity contribution in [1.82, 2.24) is 29.9 Å². The first-order valence-corrected chi connectivity index (χ1v) is 7.44. The van der Waals surface area contributed by atoms with Crippen LogP contribution in [0.1, 0.15) is 44.8 Å². The van der Waals surface area contributed by atoms with Gasteiger partial charge in [0.15, 0.2) is 0 Å². The van der Waals surface area contributed by atoms with Gasteiger partial charge in [0.05, 0.1) is 6.54 Å². The van der Waals surface area contributed by atoms with Crippen molar-refractivity contribution in [2.75, 3.05) is 0 Å². The van der Waals surface area contributed by atoms with Crippen molar-refractivity contribution in [2.24, 2.45) is 7.05 Å². The second-order valence-electron chi connectivity index (χ2n) is 5.42. The van der Waals surface area contributed by atoms with Gasteiger partial charge in [-0.3, -0.25) is 4.79 Å². The quantitative estimate of drug-likeness (QED) is 0.761. The summed E-state index contributed by atoms with van der Waals surface area (Å²) in [7, 11) is 1.87. The van der Waals surface area contributed by atoms with E-state index in [9.17, 15) is 4.79 Å². The topological polar surface area (TPSA) is 89.9 Å². The number of carbonyl (C=O) groups excluding carboxylic acids is 1. The molecule has 0 saturated heterocycles. The lowest BCUT2D eigenvalue weighted by Crippen LogP contribution is -2.36. The molecule has 120 valence electrons. The third kappa shape index (κ3) is 3.90. The van der Waals surface area contributed by atoms with E-state index in [0.29, 0.717) is 37.6 Å². The molecule has 0 aliphatic carbocycles. The summed E-state index contributed by atoms with van der Waals surface area (Å²) in [5.41, 5.74) is 0. The fraction of sp³-hybridized carbons (Fsp3) is 0.643. The van der Waals surface area contributed by atoms with Crippen LogP contribution >= 0.6 is 0 Å². The Labute approximate surface area is 129 Å². The highest BCUT2D eigenvalue weighted by Gasteiger charge is 2.20. The number of amides is 1. The third-order valence-electron chi connectivity index (χ3n) is 3.43. The van der Waals surface area contributed by atoms with Crippen LogP contribution in [0.3, 0.4) is 0 Å². The molecule has 0 radical (unpaired) electrons. The van der Waals surface area contributed by atoms with Crippen molar-refractivity contribution in [3.05, 3.63) is 23.9 Å². The summed E-state index contributed by atoms with van der Waals surface area (Å²) in [5.74, 6) is 1.89. The van der Waals surface area contributed by atoms with Crippen LogP contribution in [0.15, 0.2) is 10.7 Å². The van der Waals surface area contributed by atoms with Gasteiger partial charge >= 0.3 is 0 Å². The summed E-state index contributed by atoms with van der Waals surface area (Å²) in [6.45, 7) is 6.22. The zero-order valence-electron chi connectivity index (χ0n) is 13.5. The van der Waals surface area contributed by atoms with Crippen molar-refractivity contribution in [1.29, 1.82) is 0 Å². The zero-order valence-corrected chi connectivity index (χ0v) is 13.5. The van der Waals surface area contributed by atoms with E-state index in [4.69, 9.17) is 4.42 Å². The third-order valence-corrected chi connectivity index (χ3v) is 3.43. The van der Waals surface area contributed by atoms with Gasteiger partial charge in [-0.15, -0.1) is 20.4 Å². The molecule has 2 aromatic heterocycles. The molecule has 2 heterocycles. The second-order valence-corrected chi connectivity index (χ2v) is 5.42. The minimum atomic E-state index is 0.0363. The molecule has 2 rings (SSSR count). The highest BCUT2D eigenvalue weighted by atomic mass is 16.4. The van der Waals surface area contributed by atoms with Crippen LogP contribution in [-0.2, 0) is 31.2 Å². The predicted octanol–water partition coefficient (Wildman–Crippen LogP) is 1.13. The summed E-state index contributed by atoms with van der Waals surface area (Å²) in [4.78, 5) is 14.2. The summed E-state index contributed by atoms with van der Waals surface area (Å²) in [6, 6.07) is 0.0592. The highest BCUT2D eigenvalue weighted by molar-refractivity contribution is 5.76. The van der Waals surface area contributed by atoms with E-state index >= 15 is 0 Å². The zero-order chi connectivity index (χ0) is 16.1.